The normalized spacial score (nSPS) is 18.5. The Hall–Kier alpha value is -6.59. The van der Waals surface area contributed by atoms with Gasteiger partial charge in [0.15, 0.2) is 18.4 Å². The highest BCUT2D eigenvalue weighted by Gasteiger charge is 2.53. The van der Waals surface area contributed by atoms with Crippen molar-refractivity contribution in [2.75, 3.05) is 20.3 Å². The van der Waals surface area contributed by atoms with Crippen molar-refractivity contribution in [2.24, 2.45) is 5.73 Å². The second kappa shape index (κ2) is 18.8. The second-order valence-electron chi connectivity index (χ2n) is 13.7. The first-order valence-electron chi connectivity index (χ1n) is 18.9. The number of benzene rings is 5. The Morgan fingerprint density at radius 3 is 2.02 bits per heavy atom. The summed E-state index contributed by atoms with van der Waals surface area (Å²) in [5.74, 6) is -1.55. The second-order valence-corrected chi connectivity index (χ2v) is 15.1. The molecule has 314 valence electrons. The average molecular weight is 850 g/mol. The molecule has 0 spiro atoms. The average Bonchev–Trinajstić information content (AvgIpc) is 3.90. The van der Waals surface area contributed by atoms with Gasteiger partial charge in [-0.25, -0.2) is 19.0 Å². The van der Waals surface area contributed by atoms with E-state index in [4.69, 9.17) is 33.7 Å². The summed E-state index contributed by atoms with van der Waals surface area (Å²) in [5, 5.41) is 15.2. The van der Waals surface area contributed by atoms with E-state index in [0.29, 0.717) is 16.9 Å². The molecule has 0 bridgehead atoms. The lowest BCUT2D eigenvalue weighted by molar-refractivity contribution is -0.384. The Balaban J connectivity index is 1.26. The maximum absolute atomic E-state index is 13.8. The van der Waals surface area contributed by atoms with Crippen LogP contribution in [0.15, 0.2) is 146 Å². The number of carbonyl (C=O) groups excluding carboxylic acids is 2. The molecule has 1 aliphatic rings. The molecule has 0 saturated carbocycles. The van der Waals surface area contributed by atoms with Gasteiger partial charge < -0.3 is 29.6 Å². The lowest BCUT2D eigenvalue weighted by atomic mass is 9.80. The summed E-state index contributed by atoms with van der Waals surface area (Å²) in [6.07, 6.45) is -4.63. The van der Waals surface area contributed by atoms with Gasteiger partial charge >= 0.3 is 13.8 Å². The number of hydrogen-bond donors (Lipinski definition) is 2. The highest BCUT2D eigenvalue weighted by Crippen LogP contribution is 2.50. The number of nitro groups is 1. The summed E-state index contributed by atoms with van der Waals surface area (Å²) in [4.78, 5) is 51.6. The number of ether oxygens (including phenoxy) is 4. The van der Waals surface area contributed by atoms with Crippen molar-refractivity contribution < 1.29 is 52.0 Å². The molecule has 17 nitrogen and oxygen atoms in total. The summed E-state index contributed by atoms with van der Waals surface area (Å²) < 4.78 is 51.2. The molecule has 1 saturated heterocycles. The van der Waals surface area contributed by atoms with Gasteiger partial charge in [-0.15, -0.1) is 5.10 Å². The molecule has 1 fully saturated rings. The number of rotatable bonds is 18. The largest absolute Gasteiger partial charge is 0.497 e. The van der Waals surface area contributed by atoms with Crippen molar-refractivity contribution in [1.82, 2.24) is 14.8 Å². The number of primary amides is 1. The molecule has 7 rings (SSSR count). The zero-order valence-electron chi connectivity index (χ0n) is 32.5. The third-order valence-corrected chi connectivity index (χ3v) is 10.9. The Morgan fingerprint density at radius 1 is 0.869 bits per heavy atom. The van der Waals surface area contributed by atoms with Gasteiger partial charge in [0.25, 0.3) is 11.6 Å². The van der Waals surface area contributed by atoms with Crippen molar-refractivity contribution in [3.63, 3.8) is 0 Å². The lowest BCUT2D eigenvalue weighted by Gasteiger charge is -2.37. The number of aromatic nitrogens is 3. The van der Waals surface area contributed by atoms with Crippen LogP contribution < -0.4 is 10.5 Å². The molecule has 1 unspecified atom stereocenters. The number of methoxy groups -OCH3 is 1. The Kier molecular flexibility index (Phi) is 13.1. The summed E-state index contributed by atoms with van der Waals surface area (Å²) >= 11 is 0. The number of esters is 1. The minimum absolute atomic E-state index is 0.0802. The molecule has 1 amide bonds. The molecular weight excluding hydrogens is 809 g/mol. The highest BCUT2D eigenvalue weighted by atomic mass is 31.2. The number of nitrogens with two attached hydrogens (primary N) is 1. The number of amides is 1. The van der Waals surface area contributed by atoms with E-state index in [-0.39, 0.29) is 30.9 Å². The van der Waals surface area contributed by atoms with E-state index in [1.54, 1.807) is 37.4 Å². The predicted octanol–water partition coefficient (Wildman–Crippen LogP) is 6.17. The van der Waals surface area contributed by atoms with Gasteiger partial charge in [-0.05, 0) is 52.9 Å². The molecule has 18 heteroatoms. The smallest absolute Gasteiger partial charge is 0.472 e. The standard InChI is InChI=1S/C43H40N5O12P/c1-55-35-23-19-33(20-24-35)43(31-13-7-3-8-14-31,32-15-9-4-10-16-32)56-27-36-37(59-42(50)30-11-5-2-6-12-30)38(41(58-36)47-28-45-40(46-47)39(44)49)60-61(53,54)57-26-25-29-17-21-34(22-18-29)48(51)52/h2-24,28,36-38,41H,25-27H2,1H3,(H2,44,49)(H,53,54)/t36-,37-,38-,41-/m1/s1. The fourth-order valence-corrected chi connectivity index (χ4v) is 7.88. The van der Waals surface area contributed by atoms with E-state index < -0.39 is 60.6 Å². The van der Waals surface area contributed by atoms with Gasteiger partial charge in [-0.1, -0.05) is 103 Å². The van der Waals surface area contributed by atoms with Gasteiger partial charge in [0.1, 0.15) is 23.8 Å². The van der Waals surface area contributed by atoms with Crippen LogP contribution in [0.5, 0.6) is 5.75 Å². The van der Waals surface area contributed by atoms with Crippen LogP contribution in [0.4, 0.5) is 5.69 Å². The minimum Gasteiger partial charge on any atom is -0.497 e. The first-order valence-corrected chi connectivity index (χ1v) is 20.4. The van der Waals surface area contributed by atoms with Gasteiger partial charge in [-0.3, -0.25) is 24.0 Å². The fourth-order valence-electron chi connectivity index (χ4n) is 6.96. The van der Waals surface area contributed by atoms with Gasteiger partial charge in [0, 0.05) is 12.1 Å². The molecule has 61 heavy (non-hydrogen) atoms. The van der Waals surface area contributed by atoms with Gasteiger partial charge in [0.2, 0.25) is 5.82 Å². The number of carbonyl (C=O) groups is 2. The Labute approximate surface area is 349 Å². The Morgan fingerprint density at radius 2 is 1.46 bits per heavy atom. The minimum atomic E-state index is -5.04. The van der Waals surface area contributed by atoms with E-state index in [9.17, 15) is 29.2 Å². The van der Waals surface area contributed by atoms with Gasteiger partial charge in [0.05, 0.1) is 30.8 Å². The SMILES string of the molecule is COc1ccc(C(OC[C@H]2O[C@@H](n3cnc(C(N)=O)n3)[C@H](OP(=O)(O)OCCc3ccc([N+](=O)[O-])cc3)[C@@H]2OC(=O)c2ccccc2)(c2ccccc2)c2ccccc2)cc1. The van der Waals surface area contributed by atoms with Crippen LogP contribution in [0.1, 0.15) is 49.5 Å². The van der Waals surface area contributed by atoms with Crippen LogP contribution >= 0.6 is 7.82 Å². The fraction of sp³-hybridized carbons (Fsp3) is 0.209. The molecule has 6 aromatic rings. The Bertz CT molecular complexity index is 2440. The van der Waals surface area contributed by atoms with Crippen LogP contribution in [0, 0.1) is 10.1 Å². The maximum Gasteiger partial charge on any atom is 0.472 e. The lowest BCUT2D eigenvalue weighted by Crippen LogP contribution is -2.42. The topological polar surface area (TPSA) is 227 Å². The molecule has 0 aliphatic carbocycles. The zero-order valence-corrected chi connectivity index (χ0v) is 33.4. The molecule has 3 N–H and O–H groups in total. The van der Waals surface area contributed by atoms with E-state index in [1.807, 2.05) is 72.8 Å². The summed E-state index contributed by atoms with van der Waals surface area (Å²) in [6, 6.07) is 39.9. The molecule has 0 radical (unpaired) electrons. The number of hydrogen-bond acceptors (Lipinski definition) is 13. The molecule has 1 aliphatic heterocycles. The number of non-ortho nitro benzene ring substituents is 1. The van der Waals surface area contributed by atoms with Crippen molar-refractivity contribution in [3.05, 3.63) is 190 Å². The molecular formula is C43H40N5O12P. The molecule has 2 heterocycles. The zero-order chi connectivity index (χ0) is 43.0. The first kappa shape index (κ1) is 42.5. The predicted molar refractivity (Wildman–Crippen MR) is 217 cm³/mol. The maximum atomic E-state index is 13.8. The van der Waals surface area contributed by atoms with Crippen LogP contribution in [0.2, 0.25) is 0 Å². The van der Waals surface area contributed by atoms with Crippen molar-refractivity contribution in [3.8, 4) is 5.75 Å². The van der Waals surface area contributed by atoms with Crippen molar-refractivity contribution in [2.45, 2.75) is 36.6 Å². The number of phosphoric ester groups is 1. The third kappa shape index (κ3) is 9.74. The highest BCUT2D eigenvalue weighted by molar-refractivity contribution is 7.47. The quantitative estimate of drug-likeness (QED) is 0.0324. The van der Waals surface area contributed by atoms with Crippen molar-refractivity contribution >= 4 is 25.4 Å². The third-order valence-electron chi connectivity index (χ3n) is 9.90. The van der Waals surface area contributed by atoms with Crippen molar-refractivity contribution in [1.29, 1.82) is 0 Å². The number of nitrogens with zero attached hydrogens (tertiary/aromatic N) is 4. The summed E-state index contributed by atoms with van der Waals surface area (Å²) in [6.45, 7) is -0.675. The van der Waals surface area contributed by atoms with E-state index in [1.165, 1.54) is 36.4 Å². The van der Waals surface area contributed by atoms with Crippen LogP contribution in [0.25, 0.3) is 0 Å². The molecule has 5 atom stereocenters. The monoisotopic (exact) mass is 849 g/mol. The molecule has 1 aromatic heterocycles. The van der Waals surface area contributed by atoms with Gasteiger partial charge in [-0.2, -0.15) is 0 Å². The summed E-state index contributed by atoms with van der Waals surface area (Å²) in [5.41, 5.74) is 6.94. The first-order chi connectivity index (χ1) is 29.5. The van der Waals surface area contributed by atoms with E-state index >= 15 is 0 Å². The van der Waals surface area contributed by atoms with Crippen LogP contribution in [0.3, 0.4) is 0 Å². The summed E-state index contributed by atoms with van der Waals surface area (Å²) in [7, 11) is -3.48. The number of nitro benzene ring substituents is 1. The molecule has 5 aromatic carbocycles. The van der Waals surface area contributed by atoms with Crippen LogP contribution in [-0.2, 0) is 39.8 Å². The number of phosphoric acid groups is 1. The van der Waals surface area contributed by atoms with Crippen LogP contribution in [-0.4, -0.2) is 75.1 Å². The van der Waals surface area contributed by atoms with E-state index in [2.05, 4.69) is 10.1 Å². The van der Waals surface area contributed by atoms with E-state index in [0.717, 1.165) is 22.1 Å².